The van der Waals surface area contributed by atoms with E-state index < -0.39 is 29.2 Å². The average molecular weight is 313 g/mol. The fourth-order valence-corrected chi connectivity index (χ4v) is 1.83. The molecule has 0 aliphatic carbocycles. The zero-order valence-corrected chi connectivity index (χ0v) is 11.0. The summed E-state index contributed by atoms with van der Waals surface area (Å²) >= 11 is 5.82. The zero-order chi connectivity index (χ0) is 15.6. The molecule has 108 valence electrons. The van der Waals surface area contributed by atoms with Gasteiger partial charge in [0.1, 0.15) is 0 Å². The van der Waals surface area contributed by atoms with Crippen LogP contribution in [-0.4, -0.2) is 22.0 Å². The summed E-state index contributed by atoms with van der Waals surface area (Å²) in [6, 6.07) is 4.92. The molecule has 8 heteroatoms. The molecule has 0 atom stereocenters. The van der Waals surface area contributed by atoms with E-state index in [0.717, 1.165) is 12.3 Å². The summed E-state index contributed by atoms with van der Waals surface area (Å²) in [6.07, 6.45) is 0.915. The quantitative estimate of drug-likeness (QED) is 0.854. The monoisotopic (exact) mass is 312 g/mol. The van der Waals surface area contributed by atoms with Gasteiger partial charge in [-0.3, -0.25) is 4.79 Å². The van der Waals surface area contributed by atoms with Crippen molar-refractivity contribution in [1.82, 2.24) is 4.98 Å². The van der Waals surface area contributed by atoms with Crippen molar-refractivity contribution in [3.05, 3.63) is 58.4 Å². The molecule has 2 aromatic rings. The van der Waals surface area contributed by atoms with Gasteiger partial charge in [0.2, 0.25) is 5.95 Å². The number of carboxylic acid groups (broad SMARTS) is 1. The van der Waals surface area contributed by atoms with Gasteiger partial charge in [-0.2, -0.15) is 4.39 Å². The molecule has 0 spiro atoms. The van der Waals surface area contributed by atoms with Gasteiger partial charge in [-0.25, -0.2) is 14.2 Å². The highest BCUT2D eigenvalue weighted by atomic mass is 35.5. The maximum atomic E-state index is 13.5. The largest absolute Gasteiger partial charge is 0.478 e. The number of pyridine rings is 1. The summed E-state index contributed by atoms with van der Waals surface area (Å²) in [5.41, 5.74) is -1.09. The third-order valence-electron chi connectivity index (χ3n) is 2.57. The summed E-state index contributed by atoms with van der Waals surface area (Å²) < 4.78 is 26.4. The van der Waals surface area contributed by atoms with Crippen LogP contribution in [0.3, 0.4) is 0 Å². The van der Waals surface area contributed by atoms with Crippen molar-refractivity contribution in [2.24, 2.45) is 0 Å². The highest BCUT2D eigenvalue weighted by Crippen LogP contribution is 2.27. The smallest absolute Gasteiger partial charge is 0.337 e. The highest BCUT2D eigenvalue weighted by molar-refractivity contribution is 6.34. The van der Waals surface area contributed by atoms with Crippen molar-refractivity contribution in [3.8, 4) is 0 Å². The third-order valence-corrected chi connectivity index (χ3v) is 2.89. The Hall–Kier alpha value is -2.54. The first-order chi connectivity index (χ1) is 9.91. The Kier molecular flexibility index (Phi) is 4.13. The van der Waals surface area contributed by atoms with Gasteiger partial charge in [0.05, 0.1) is 21.8 Å². The van der Waals surface area contributed by atoms with Gasteiger partial charge in [-0.1, -0.05) is 17.7 Å². The number of hydrogen-bond acceptors (Lipinski definition) is 3. The molecule has 0 saturated heterocycles. The predicted molar refractivity (Wildman–Crippen MR) is 70.5 cm³/mol. The molecule has 0 aliphatic rings. The summed E-state index contributed by atoms with van der Waals surface area (Å²) in [4.78, 5) is 26.0. The molecule has 2 rings (SSSR count). The lowest BCUT2D eigenvalue weighted by Crippen LogP contribution is -2.17. The molecule has 0 aliphatic heterocycles. The number of rotatable bonds is 3. The summed E-state index contributed by atoms with van der Waals surface area (Å²) in [7, 11) is 0. The molecule has 21 heavy (non-hydrogen) atoms. The molecule has 0 saturated carbocycles. The third kappa shape index (κ3) is 2.97. The van der Waals surface area contributed by atoms with Crippen molar-refractivity contribution in [2.45, 2.75) is 0 Å². The average Bonchev–Trinajstić information content (AvgIpc) is 2.43. The fourth-order valence-electron chi connectivity index (χ4n) is 1.60. The van der Waals surface area contributed by atoms with Crippen LogP contribution in [-0.2, 0) is 0 Å². The van der Waals surface area contributed by atoms with E-state index in [4.69, 9.17) is 16.7 Å². The number of nitrogens with one attached hydrogen (secondary N) is 1. The second-order valence-corrected chi connectivity index (χ2v) is 4.29. The minimum atomic E-state index is -1.43. The summed E-state index contributed by atoms with van der Waals surface area (Å²) in [6.45, 7) is 0. The number of aromatic carboxylic acids is 1. The number of carbonyl (C=O) groups excluding carboxylic acids is 1. The molecule has 5 nitrogen and oxygen atoms in total. The van der Waals surface area contributed by atoms with Crippen LogP contribution in [0.15, 0.2) is 30.5 Å². The topological polar surface area (TPSA) is 79.3 Å². The molecule has 1 aromatic heterocycles. The van der Waals surface area contributed by atoms with E-state index in [0.29, 0.717) is 0 Å². The van der Waals surface area contributed by atoms with Crippen LogP contribution in [0.5, 0.6) is 0 Å². The van der Waals surface area contributed by atoms with Gasteiger partial charge in [-0.05, 0) is 18.2 Å². The second kappa shape index (κ2) is 5.84. The van der Waals surface area contributed by atoms with Crippen LogP contribution in [0.2, 0.25) is 5.02 Å². The van der Waals surface area contributed by atoms with Crippen LogP contribution < -0.4 is 5.32 Å². The number of carbonyl (C=O) groups is 2. The normalized spacial score (nSPS) is 10.2. The van der Waals surface area contributed by atoms with Gasteiger partial charge in [0.25, 0.3) is 5.91 Å². The number of benzene rings is 1. The number of para-hydroxylation sites is 1. The minimum absolute atomic E-state index is 0.0433. The minimum Gasteiger partial charge on any atom is -0.478 e. The maximum absolute atomic E-state index is 13.5. The number of aromatic nitrogens is 1. The number of nitrogens with zero attached hydrogens (tertiary/aromatic N) is 1. The van der Waals surface area contributed by atoms with Crippen molar-refractivity contribution in [1.29, 1.82) is 0 Å². The summed E-state index contributed by atoms with van der Waals surface area (Å²) in [5.74, 6) is -5.22. The first-order valence-corrected chi connectivity index (χ1v) is 5.92. The number of amides is 1. The van der Waals surface area contributed by atoms with E-state index in [1.54, 1.807) is 0 Å². The first kappa shape index (κ1) is 14.9. The Morgan fingerprint density at radius 2 is 1.90 bits per heavy atom. The molecular weight excluding hydrogens is 306 g/mol. The van der Waals surface area contributed by atoms with Gasteiger partial charge < -0.3 is 10.4 Å². The Morgan fingerprint density at radius 1 is 1.19 bits per heavy atom. The maximum Gasteiger partial charge on any atom is 0.337 e. The van der Waals surface area contributed by atoms with E-state index in [1.807, 2.05) is 0 Å². The summed E-state index contributed by atoms with van der Waals surface area (Å²) in [5, 5.41) is 11.1. The lowest BCUT2D eigenvalue weighted by atomic mass is 10.1. The van der Waals surface area contributed by atoms with E-state index in [9.17, 15) is 18.4 Å². The van der Waals surface area contributed by atoms with Gasteiger partial charge in [0.15, 0.2) is 5.82 Å². The molecule has 0 radical (unpaired) electrons. The van der Waals surface area contributed by atoms with E-state index >= 15 is 0 Å². The molecule has 1 aromatic carbocycles. The highest BCUT2D eigenvalue weighted by Gasteiger charge is 2.20. The number of hydrogen-bond donors (Lipinski definition) is 2. The first-order valence-electron chi connectivity index (χ1n) is 5.55. The van der Waals surface area contributed by atoms with Gasteiger partial charge in [0, 0.05) is 6.20 Å². The van der Waals surface area contributed by atoms with E-state index in [2.05, 4.69) is 10.3 Å². The van der Waals surface area contributed by atoms with Crippen molar-refractivity contribution < 1.29 is 23.5 Å². The molecule has 1 heterocycles. The van der Waals surface area contributed by atoms with Gasteiger partial charge >= 0.3 is 5.97 Å². The van der Waals surface area contributed by atoms with Crippen molar-refractivity contribution >= 4 is 29.2 Å². The van der Waals surface area contributed by atoms with Crippen LogP contribution in [0.25, 0.3) is 0 Å². The van der Waals surface area contributed by atoms with Crippen LogP contribution in [0.1, 0.15) is 20.7 Å². The van der Waals surface area contributed by atoms with Gasteiger partial charge in [-0.15, -0.1) is 0 Å². The molecular formula is C13H7ClF2N2O3. The van der Waals surface area contributed by atoms with Crippen LogP contribution >= 0.6 is 11.6 Å². The molecule has 1 amide bonds. The zero-order valence-electron chi connectivity index (χ0n) is 10.2. The molecule has 2 N–H and O–H groups in total. The lowest BCUT2D eigenvalue weighted by molar-refractivity contribution is 0.0698. The van der Waals surface area contributed by atoms with Crippen molar-refractivity contribution in [2.75, 3.05) is 5.32 Å². The predicted octanol–water partition coefficient (Wildman–Crippen LogP) is 2.96. The molecule has 0 unspecified atom stereocenters. The number of halogens is 3. The Labute approximate surface area is 122 Å². The SMILES string of the molecule is O=C(Nc1c(Cl)cccc1C(=O)O)c1ccnc(F)c1F. The van der Waals surface area contributed by atoms with Crippen molar-refractivity contribution in [3.63, 3.8) is 0 Å². The fraction of sp³-hybridized carbons (Fsp3) is 0. The lowest BCUT2D eigenvalue weighted by Gasteiger charge is -2.10. The number of anilines is 1. The standard InChI is InChI=1S/C13H7ClF2N2O3/c14-8-3-1-2-7(13(20)21)10(8)18-12(19)6-4-5-17-11(16)9(6)15/h1-5H,(H,18,19)(H,20,21). The molecule has 0 bridgehead atoms. The van der Waals surface area contributed by atoms with E-state index in [-0.39, 0.29) is 16.3 Å². The molecule has 0 fully saturated rings. The van der Waals surface area contributed by atoms with E-state index in [1.165, 1.54) is 18.2 Å². The second-order valence-electron chi connectivity index (χ2n) is 3.88. The Balaban J connectivity index is 2.41. The Bertz CT molecular complexity index is 737. The Morgan fingerprint density at radius 3 is 2.57 bits per heavy atom. The van der Waals surface area contributed by atoms with Crippen LogP contribution in [0.4, 0.5) is 14.5 Å². The number of carboxylic acids is 1. The van der Waals surface area contributed by atoms with Crippen LogP contribution in [0, 0.1) is 11.8 Å².